The zero-order valence-corrected chi connectivity index (χ0v) is 17.7. The number of anilines is 2. The van der Waals surface area contributed by atoms with Crippen molar-refractivity contribution in [1.29, 1.82) is 0 Å². The van der Waals surface area contributed by atoms with E-state index >= 15 is 0 Å². The number of hydrogen-bond acceptors (Lipinski definition) is 8. The van der Waals surface area contributed by atoms with Gasteiger partial charge < -0.3 is 10.1 Å². The van der Waals surface area contributed by atoms with Gasteiger partial charge in [0.1, 0.15) is 11.6 Å². The van der Waals surface area contributed by atoms with Crippen LogP contribution in [0, 0.1) is 6.92 Å². The molecule has 3 aromatic heterocycles. The van der Waals surface area contributed by atoms with Crippen molar-refractivity contribution in [3.05, 3.63) is 58.7 Å². The Labute approximate surface area is 175 Å². The van der Waals surface area contributed by atoms with Crippen LogP contribution in [0.1, 0.15) is 41.7 Å². The van der Waals surface area contributed by atoms with Gasteiger partial charge in [0.05, 0.1) is 24.0 Å². The van der Waals surface area contributed by atoms with Crippen LogP contribution in [-0.4, -0.2) is 45.1 Å². The van der Waals surface area contributed by atoms with Crippen LogP contribution in [0.15, 0.2) is 36.0 Å². The Morgan fingerprint density at radius 3 is 2.86 bits per heavy atom. The number of thiazole rings is 1. The average molecular weight is 411 g/mol. The summed E-state index contributed by atoms with van der Waals surface area (Å²) in [6.07, 6.45) is 6.89. The van der Waals surface area contributed by atoms with E-state index in [1.807, 2.05) is 30.8 Å². The third-order valence-electron chi connectivity index (χ3n) is 5.00. The van der Waals surface area contributed by atoms with E-state index in [4.69, 9.17) is 9.72 Å². The van der Waals surface area contributed by atoms with Gasteiger partial charge in [-0.25, -0.2) is 19.9 Å². The van der Waals surface area contributed by atoms with Crippen LogP contribution in [0.25, 0.3) is 0 Å². The Kier molecular flexibility index (Phi) is 6.43. The van der Waals surface area contributed by atoms with Gasteiger partial charge in [-0.05, 0) is 38.4 Å². The molecule has 29 heavy (non-hydrogen) atoms. The quantitative estimate of drug-likeness (QED) is 0.603. The third kappa shape index (κ3) is 5.14. The normalized spacial score (nSPS) is 17.0. The first-order valence-corrected chi connectivity index (χ1v) is 10.8. The van der Waals surface area contributed by atoms with E-state index in [0.717, 1.165) is 59.7 Å². The van der Waals surface area contributed by atoms with Gasteiger partial charge in [0.15, 0.2) is 5.13 Å². The van der Waals surface area contributed by atoms with E-state index in [1.54, 1.807) is 18.4 Å². The summed E-state index contributed by atoms with van der Waals surface area (Å²) in [4.78, 5) is 20.7. The highest BCUT2D eigenvalue weighted by molar-refractivity contribution is 7.13. The highest BCUT2D eigenvalue weighted by Crippen LogP contribution is 2.33. The third-order valence-corrected chi connectivity index (χ3v) is 5.88. The van der Waals surface area contributed by atoms with Gasteiger partial charge in [0, 0.05) is 43.4 Å². The molecule has 3 aromatic rings. The second kappa shape index (κ2) is 9.39. The van der Waals surface area contributed by atoms with E-state index in [2.05, 4.69) is 37.3 Å². The standard InChI is InChI=1S/C21H26N6OS/c1-15-14-29-21(24-15)26-20-7-3-5-17(25-20)18-6-4-9-27(18)13-16-11-22-19(23-12-16)8-10-28-2/h3,5,7,11-12,14,18H,4,6,8-10,13H2,1-2H3,(H,24,25,26)/t18-/m1/s1. The van der Waals surface area contributed by atoms with Gasteiger partial charge in [0.25, 0.3) is 0 Å². The molecule has 8 heteroatoms. The second-order valence-electron chi connectivity index (χ2n) is 7.25. The maximum Gasteiger partial charge on any atom is 0.188 e. The molecule has 1 atom stereocenters. The van der Waals surface area contributed by atoms with Gasteiger partial charge in [-0.15, -0.1) is 11.3 Å². The number of methoxy groups -OCH3 is 1. The summed E-state index contributed by atoms with van der Waals surface area (Å²) in [6, 6.07) is 6.48. The summed E-state index contributed by atoms with van der Waals surface area (Å²) < 4.78 is 5.09. The highest BCUT2D eigenvalue weighted by Gasteiger charge is 2.27. The largest absolute Gasteiger partial charge is 0.384 e. The maximum atomic E-state index is 5.09. The molecule has 152 valence electrons. The molecule has 0 radical (unpaired) electrons. The van der Waals surface area contributed by atoms with Crippen molar-refractivity contribution >= 4 is 22.3 Å². The first kappa shape index (κ1) is 19.9. The van der Waals surface area contributed by atoms with Crippen molar-refractivity contribution in [2.75, 3.05) is 25.6 Å². The van der Waals surface area contributed by atoms with Gasteiger partial charge in [-0.2, -0.15) is 0 Å². The number of rotatable bonds is 8. The van der Waals surface area contributed by atoms with Crippen molar-refractivity contribution in [2.24, 2.45) is 0 Å². The summed E-state index contributed by atoms with van der Waals surface area (Å²) in [5, 5.41) is 6.23. The predicted octanol–water partition coefficient (Wildman–Crippen LogP) is 3.91. The number of hydrogen-bond donors (Lipinski definition) is 1. The van der Waals surface area contributed by atoms with Crippen LogP contribution in [0.2, 0.25) is 0 Å². The smallest absolute Gasteiger partial charge is 0.188 e. The Bertz CT molecular complexity index is 929. The molecule has 1 saturated heterocycles. The molecule has 4 rings (SSSR count). The SMILES string of the molecule is COCCc1ncc(CN2CCC[C@@H]2c2cccc(Nc3nc(C)cs3)n2)cn1. The molecule has 0 aromatic carbocycles. The average Bonchev–Trinajstić information content (AvgIpc) is 3.36. The van der Waals surface area contributed by atoms with Crippen LogP contribution in [-0.2, 0) is 17.7 Å². The van der Waals surface area contributed by atoms with Crippen LogP contribution in [0.5, 0.6) is 0 Å². The Balaban J connectivity index is 1.43. The van der Waals surface area contributed by atoms with Crippen LogP contribution >= 0.6 is 11.3 Å². The minimum atomic E-state index is 0.308. The molecule has 0 amide bonds. The number of ether oxygens (including phenoxy) is 1. The first-order chi connectivity index (χ1) is 14.2. The second-order valence-corrected chi connectivity index (χ2v) is 8.10. The molecule has 1 N–H and O–H groups in total. The summed E-state index contributed by atoms with van der Waals surface area (Å²) in [7, 11) is 1.69. The number of nitrogens with zero attached hydrogens (tertiary/aromatic N) is 5. The number of aryl methyl sites for hydroxylation is 1. The van der Waals surface area contributed by atoms with E-state index in [9.17, 15) is 0 Å². The van der Waals surface area contributed by atoms with E-state index in [0.29, 0.717) is 12.6 Å². The van der Waals surface area contributed by atoms with E-state index < -0.39 is 0 Å². The number of aromatic nitrogens is 4. The number of nitrogens with one attached hydrogen (secondary N) is 1. The minimum Gasteiger partial charge on any atom is -0.384 e. The summed E-state index contributed by atoms with van der Waals surface area (Å²) in [5.74, 6) is 1.67. The van der Waals surface area contributed by atoms with E-state index in [-0.39, 0.29) is 0 Å². The van der Waals surface area contributed by atoms with Gasteiger partial charge in [-0.3, -0.25) is 4.90 Å². The predicted molar refractivity (Wildman–Crippen MR) is 114 cm³/mol. The van der Waals surface area contributed by atoms with Crippen LogP contribution in [0.3, 0.4) is 0 Å². The molecule has 7 nitrogen and oxygen atoms in total. The number of likely N-dealkylation sites (tertiary alicyclic amines) is 1. The maximum absolute atomic E-state index is 5.09. The summed E-state index contributed by atoms with van der Waals surface area (Å²) >= 11 is 1.60. The van der Waals surface area contributed by atoms with Crippen molar-refractivity contribution in [2.45, 2.75) is 38.8 Å². The zero-order valence-electron chi connectivity index (χ0n) is 16.8. The Morgan fingerprint density at radius 1 is 1.24 bits per heavy atom. The monoisotopic (exact) mass is 410 g/mol. The summed E-state index contributed by atoms with van der Waals surface area (Å²) in [6.45, 7) is 4.53. The molecule has 0 spiro atoms. The highest BCUT2D eigenvalue weighted by atomic mass is 32.1. The molecule has 1 fully saturated rings. The molecular formula is C21H26N6OS. The van der Waals surface area contributed by atoms with E-state index in [1.165, 1.54) is 6.42 Å². The topological polar surface area (TPSA) is 76.1 Å². The Morgan fingerprint density at radius 2 is 2.10 bits per heavy atom. The van der Waals surface area contributed by atoms with Crippen LogP contribution < -0.4 is 5.32 Å². The molecule has 0 bridgehead atoms. The Hall–Kier alpha value is -2.42. The molecule has 4 heterocycles. The van der Waals surface area contributed by atoms with Crippen molar-refractivity contribution in [3.63, 3.8) is 0 Å². The lowest BCUT2D eigenvalue weighted by atomic mass is 10.1. The molecule has 0 unspecified atom stereocenters. The van der Waals surface area contributed by atoms with Crippen molar-refractivity contribution < 1.29 is 4.74 Å². The molecule has 0 aliphatic carbocycles. The minimum absolute atomic E-state index is 0.308. The number of pyridine rings is 1. The van der Waals surface area contributed by atoms with Gasteiger partial charge in [-0.1, -0.05) is 6.07 Å². The fourth-order valence-electron chi connectivity index (χ4n) is 3.60. The first-order valence-electron chi connectivity index (χ1n) is 9.90. The lowest BCUT2D eigenvalue weighted by Gasteiger charge is -2.24. The lowest BCUT2D eigenvalue weighted by Crippen LogP contribution is -2.24. The fourth-order valence-corrected chi connectivity index (χ4v) is 4.29. The zero-order chi connectivity index (χ0) is 20.1. The van der Waals surface area contributed by atoms with Crippen molar-refractivity contribution in [1.82, 2.24) is 24.8 Å². The van der Waals surface area contributed by atoms with Gasteiger partial charge in [0.2, 0.25) is 0 Å². The summed E-state index contributed by atoms with van der Waals surface area (Å²) in [5.41, 5.74) is 3.25. The lowest BCUT2D eigenvalue weighted by molar-refractivity contribution is 0.200. The molecule has 1 aliphatic heterocycles. The fraction of sp³-hybridized carbons (Fsp3) is 0.429. The molecule has 0 saturated carbocycles. The molecule has 1 aliphatic rings. The van der Waals surface area contributed by atoms with Crippen molar-refractivity contribution in [3.8, 4) is 0 Å². The molecular weight excluding hydrogens is 384 g/mol. The van der Waals surface area contributed by atoms with Gasteiger partial charge >= 0.3 is 0 Å². The van der Waals surface area contributed by atoms with Crippen LogP contribution in [0.4, 0.5) is 10.9 Å².